The van der Waals surface area contributed by atoms with E-state index < -0.39 is 0 Å². The number of rotatable bonds is 1. The quantitative estimate of drug-likeness (QED) is 0.676. The molecule has 2 aromatic rings. The number of anilines is 1. The van der Waals surface area contributed by atoms with E-state index in [-0.39, 0.29) is 6.04 Å². The molecule has 0 unspecified atom stereocenters. The molecule has 114 valence electrons. The zero-order valence-electron chi connectivity index (χ0n) is 12.3. The second-order valence-corrected chi connectivity index (χ2v) is 6.79. The molecular weight excluding hydrogens is 327 g/mol. The van der Waals surface area contributed by atoms with Gasteiger partial charge in [0.25, 0.3) is 0 Å². The molecule has 2 aromatic carbocycles. The van der Waals surface area contributed by atoms with E-state index in [1.165, 1.54) is 5.56 Å². The lowest BCUT2D eigenvalue weighted by Gasteiger charge is -2.38. The first kappa shape index (κ1) is 14.6. The summed E-state index contributed by atoms with van der Waals surface area (Å²) < 4.78 is 0. The average molecular weight is 341 g/mol. The van der Waals surface area contributed by atoms with Gasteiger partial charge in [0, 0.05) is 5.92 Å². The fourth-order valence-electron chi connectivity index (χ4n) is 3.78. The lowest BCUT2D eigenvalue weighted by atomic mass is 9.76. The highest BCUT2D eigenvalue weighted by atomic mass is 35.5. The number of nitrogens with zero attached hydrogens (tertiary/aromatic N) is 1. The van der Waals surface area contributed by atoms with Gasteiger partial charge in [0.2, 0.25) is 0 Å². The van der Waals surface area contributed by atoms with Gasteiger partial charge in [0.15, 0.2) is 0 Å². The van der Waals surface area contributed by atoms with Crippen LogP contribution in [0.2, 0.25) is 10.0 Å². The summed E-state index contributed by atoms with van der Waals surface area (Å²) in [5.41, 5.74) is 3.78. The van der Waals surface area contributed by atoms with Crippen LogP contribution in [0.5, 0.6) is 0 Å². The molecule has 0 fully saturated rings. The SMILES string of the molecule is N#Cc1cccc2c1N[C@H](c1cccc(Cl)c1Cl)[C@H]1CC=C[C@H]21. The molecule has 0 amide bonds. The van der Waals surface area contributed by atoms with E-state index in [2.05, 4.69) is 29.6 Å². The van der Waals surface area contributed by atoms with Crippen molar-refractivity contribution in [3.8, 4) is 6.07 Å². The van der Waals surface area contributed by atoms with E-state index in [1.807, 2.05) is 24.3 Å². The van der Waals surface area contributed by atoms with Gasteiger partial charge in [-0.2, -0.15) is 5.26 Å². The van der Waals surface area contributed by atoms with Crippen LogP contribution in [0.25, 0.3) is 0 Å². The molecule has 4 heteroatoms. The molecule has 1 heterocycles. The molecular formula is C19H14Cl2N2. The summed E-state index contributed by atoms with van der Waals surface area (Å²) in [5, 5.41) is 14.2. The van der Waals surface area contributed by atoms with E-state index in [9.17, 15) is 5.26 Å². The zero-order valence-corrected chi connectivity index (χ0v) is 13.8. The summed E-state index contributed by atoms with van der Waals surface area (Å²) in [6.07, 6.45) is 5.45. The first-order valence-electron chi connectivity index (χ1n) is 7.61. The molecule has 0 saturated carbocycles. The standard InChI is InChI=1S/C19H14Cl2N2/c20-16-9-3-8-15(17(16)21)19-14-7-2-5-12(14)13-6-1-4-11(10-22)18(13)23-19/h1-6,8-9,12,14,19,23H,7H2/t12-,14+,19+/m1/s1. The molecule has 2 aliphatic rings. The maximum absolute atomic E-state index is 9.43. The minimum atomic E-state index is 0.0446. The van der Waals surface area contributed by atoms with Crippen molar-refractivity contribution in [3.63, 3.8) is 0 Å². The van der Waals surface area contributed by atoms with E-state index in [0.717, 1.165) is 17.7 Å². The molecule has 0 aromatic heterocycles. The number of hydrogen-bond donors (Lipinski definition) is 1. The van der Waals surface area contributed by atoms with Gasteiger partial charge in [-0.05, 0) is 35.6 Å². The monoisotopic (exact) mass is 340 g/mol. The van der Waals surface area contributed by atoms with Gasteiger partial charge in [-0.3, -0.25) is 0 Å². The van der Waals surface area contributed by atoms with Gasteiger partial charge in [-0.15, -0.1) is 0 Å². The van der Waals surface area contributed by atoms with E-state index in [1.54, 1.807) is 6.07 Å². The predicted octanol–water partition coefficient (Wildman–Crippen LogP) is 5.69. The molecule has 2 nitrogen and oxygen atoms in total. The molecule has 3 atom stereocenters. The Balaban J connectivity index is 1.88. The van der Waals surface area contributed by atoms with Crippen molar-refractivity contribution < 1.29 is 0 Å². The third kappa shape index (κ3) is 2.24. The Kier molecular flexibility index (Phi) is 3.56. The minimum absolute atomic E-state index is 0.0446. The lowest BCUT2D eigenvalue weighted by Crippen LogP contribution is -2.29. The Labute approximate surface area is 145 Å². The fraction of sp³-hybridized carbons (Fsp3) is 0.211. The van der Waals surface area contributed by atoms with Crippen molar-refractivity contribution in [2.45, 2.75) is 18.4 Å². The number of nitriles is 1. The number of fused-ring (bicyclic) bond motifs is 3. The molecule has 23 heavy (non-hydrogen) atoms. The maximum atomic E-state index is 9.43. The average Bonchev–Trinajstić information content (AvgIpc) is 3.06. The maximum Gasteiger partial charge on any atom is 0.101 e. The number of halogens is 2. The smallest absolute Gasteiger partial charge is 0.101 e. The third-order valence-corrected chi connectivity index (χ3v) is 5.67. The Hall–Kier alpha value is -1.95. The number of nitrogens with one attached hydrogen (secondary N) is 1. The molecule has 1 aliphatic carbocycles. The van der Waals surface area contributed by atoms with Crippen LogP contribution in [0, 0.1) is 17.2 Å². The highest BCUT2D eigenvalue weighted by Crippen LogP contribution is 2.51. The second-order valence-electron chi connectivity index (χ2n) is 6.00. The molecule has 0 radical (unpaired) electrons. The third-order valence-electron chi connectivity index (χ3n) is 4.83. The van der Waals surface area contributed by atoms with Crippen molar-refractivity contribution >= 4 is 28.9 Å². The highest BCUT2D eigenvalue weighted by molar-refractivity contribution is 6.42. The molecule has 1 aliphatic heterocycles. The van der Waals surface area contributed by atoms with Gasteiger partial charge < -0.3 is 5.32 Å². The van der Waals surface area contributed by atoms with Crippen LogP contribution in [0.15, 0.2) is 48.6 Å². The van der Waals surface area contributed by atoms with Crippen LogP contribution in [0.3, 0.4) is 0 Å². The van der Waals surface area contributed by atoms with E-state index in [4.69, 9.17) is 23.2 Å². The number of allylic oxidation sites excluding steroid dienone is 2. The Morgan fingerprint density at radius 2 is 1.87 bits per heavy atom. The van der Waals surface area contributed by atoms with Crippen molar-refractivity contribution in [2.24, 2.45) is 5.92 Å². The lowest BCUT2D eigenvalue weighted by molar-refractivity contribution is 0.425. The topological polar surface area (TPSA) is 35.8 Å². The van der Waals surface area contributed by atoms with Crippen LogP contribution in [-0.4, -0.2) is 0 Å². The predicted molar refractivity (Wildman–Crippen MR) is 94.0 cm³/mol. The summed E-state index contributed by atoms with van der Waals surface area (Å²) in [7, 11) is 0. The van der Waals surface area contributed by atoms with Crippen molar-refractivity contribution in [1.29, 1.82) is 5.26 Å². The highest BCUT2D eigenvalue weighted by Gasteiger charge is 2.39. The summed E-state index contributed by atoms with van der Waals surface area (Å²) in [5.74, 6) is 0.687. The van der Waals surface area contributed by atoms with E-state index in [0.29, 0.717) is 27.4 Å². The fourth-order valence-corrected chi connectivity index (χ4v) is 4.21. The van der Waals surface area contributed by atoms with Gasteiger partial charge in [-0.25, -0.2) is 0 Å². The molecule has 4 rings (SSSR count). The zero-order chi connectivity index (χ0) is 16.0. The molecule has 1 N–H and O–H groups in total. The largest absolute Gasteiger partial charge is 0.377 e. The van der Waals surface area contributed by atoms with Crippen LogP contribution >= 0.6 is 23.2 Å². The number of hydrogen-bond acceptors (Lipinski definition) is 2. The van der Waals surface area contributed by atoms with Crippen LogP contribution in [0.4, 0.5) is 5.69 Å². The van der Waals surface area contributed by atoms with Gasteiger partial charge in [-0.1, -0.05) is 59.6 Å². The van der Waals surface area contributed by atoms with Gasteiger partial charge in [0.1, 0.15) is 6.07 Å². The summed E-state index contributed by atoms with van der Waals surface area (Å²) in [6, 6.07) is 14.0. The summed E-state index contributed by atoms with van der Waals surface area (Å²) in [4.78, 5) is 0. The van der Waals surface area contributed by atoms with Crippen molar-refractivity contribution in [3.05, 3.63) is 75.3 Å². The van der Waals surface area contributed by atoms with Crippen LogP contribution in [-0.2, 0) is 0 Å². The van der Waals surface area contributed by atoms with Crippen LogP contribution < -0.4 is 5.32 Å². The molecule has 0 saturated heterocycles. The van der Waals surface area contributed by atoms with E-state index >= 15 is 0 Å². The summed E-state index contributed by atoms with van der Waals surface area (Å²) in [6.45, 7) is 0. The Morgan fingerprint density at radius 3 is 2.70 bits per heavy atom. The van der Waals surface area contributed by atoms with Gasteiger partial charge >= 0.3 is 0 Å². The van der Waals surface area contributed by atoms with Crippen molar-refractivity contribution in [2.75, 3.05) is 5.32 Å². The number of para-hydroxylation sites is 1. The van der Waals surface area contributed by atoms with Crippen molar-refractivity contribution in [1.82, 2.24) is 0 Å². The van der Waals surface area contributed by atoms with Gasteiger partial charge in [0.05, 0.1) is 27.3 Å². The van der Waals surface area contributed by atoms with Crippen LogP contribution in [0.1, 0.15) is 35.1 Å². The number of benzene rings is 2. The first-order chi connectivity index (χ1) is 11.2. The minimum Gasteiger partial charge on any atom is -0.377 e. The summed E-state index contributed by atoms with van der Waals surface area (Å²) >= 11 is 12.7. The normalized spacial score (nSPS) is 24.5. The second kappa shape index (κ2) is 5.60. The molecule has 0 bridgehead atoms. The first-order valence-corrected chi connectivity index (χ1v) is 8.36. The molecule has 0 spiro atoms. The Morgan fingerprint density at radius 1 is 1.09 bits per heavy atom. The Bertz CT molecular complexity index is 851.